The number of benzene rings is 3. The summed E-state index contributed by atoms with van der Waals surface area (Å²) >= 11 is 11.8. The van der Waals surface area contributed by atoms with Crippen LogP contribution in [0.1, 0.15) is 12.5 Å². The number of carbonyl (C=O) groups excluding carboxylic acids is 1. The van der Waals surface area contributed by atoms with E-state index >= 15 is 0 Å². The number of ether oxygens (including phenoxy) is 2. The first-order valence-electron chi connectivity index (χ1n) is 8.70. The Hall–Kier alpha value is -2.69. The molecule has 28 heavy (non-hydrogen) atoms. The molecule has 4 nitrogen and oxygen atoms in total. The normalized spacial score (nSPS) is 11.5. The van der Waals surface area contributed by atoms with Crippen LogP contribution >= 0.6 is 23.2 Å². The van der Waals surface area contributed by atoms with Gasteiger partial charge < -0.3 is 14.8 Å². The Morgan fingerprint density at radius 2 is 1.61 bits per heavy atom. The molecule has 1 amide bonds. The molecule has 144 valence electrons. The Bertz CT molecular complexity index is 930. The number of carbonyl (C=O) groups is 1. The van der Waals surface area contributed by atoms with Gasteiger partial charge in [-0.15, -0.1) is 0 Å². The molecule has 0 spiro atoms. The van der Waals surface area contributed by atoms with Gasteiger partial charge in [-0.3, -0.25) is 4.79 Å². The van der Waals surface area contributed by atoms with Crippen molar-refractivity contribution in [2.24, 2.45) is 0 Å². The van der Waals surface area contributed by atoms with Crippen LogP contribution in [0.4, 0.5) is 5.69 Å². The first-order chi connectivity index (χ1) is 13.5. The topological polar surface area (TPSA) is 47.6 Å². The van der Waals surface area contributed by atoms with E-state index in [1.807, 2.05) is 42.5 Å². The van der Waals surface area contributed by atoms with Crippen molar-refractivity contribution in [2.75, 3.05) is 5.32 Å². The number of amides is 1. The second kappa shape index (κ2) is 9.49. The largest absolute Gasteiger partial charge is 0.489 e. The van der Waals surface area contributed by atoms with Gasteiger partial charge in [0.2, 0.25) is 0 Å². The highest BCUT2D eigenvalue weighted by atomic mass is 35.5. The van der Waals surface area contributed by atoms with E-state index in [2.05, 4.69) is 5.32 Å². The molecule has 0 bridgehead atoms. The monoisotopic (exact) mass is 415 g/mol. The fourth-order valence-corrected chi connectivity index (χ4v) is 2.72. The lowest BCUT2D eigenvalue weighted by molar-refractivity contribution is -0.122. The van der Waals surface area contributed by atoms with Crippen LogP contribution in [0.3, 0.4) is 0 Å². The molecule has 0 fully saturated rings. The zero-order valence-corrected chi connectivity index (χ0v) is 16.7. The molecule has 0 saturated carbocycles. The van der Waals surface area contributed by atoms with Gasteiger partial charge in [0, 0.05) is 11.8 Å². The summed E-state index contributed by atoms with van der Waals surface area (Å²) in [6.45, 7) is 2.15. The molecule has 0 radical (unpaired) electrons. The summed E-state index contributed by atoms with van der Waals surface area (Å²) < 4.78 is 11.4. The van der Waals surface area contributed by atoms with Crippen molar-refractivity contribution in [2.45, 2.75) is 19.6 Å². The Morgan fingerprint density at radius 1 is 0.929 bits per heavy atom. The second-order valence-corrected chi connectivity index (χ2v) is 6.94. The van der Waals surface area contributed by atoms with Gasteiger partial charge in [-0.2, -0.15) is 0 Å². The third-order valence-electron chi connectivity index (χ3n) is 3.94. The van der Waals surface area contributed by atoms with E-state index in [4.69, 9.17) is 32.7 Å². The van der Waals surface area contributed by atoms with Crippen LogP contribution in [0, 0.1) is 0 Å². The highest BCUT2D eigenvalue weighted by Gasteiger charge is 2.15. The quantitative estimate of drug-likeness (QED) is 0.516. The Morgan fingerprint density at radius 3 is 2.29 bits per heavy atom. The van der Waals surface area contributed by atoms with Crippen molar-refractivity contribution < 1.29 is 14.3 Å². The van der Waals surface area contributed by atoms with Crippen LogP contribution in [0.15, 0.2) is 72.8 Å². The van der Waals surface area contributed by atoms with Crippen molar-refractivity contribution in [3.63, 3.8) is 0 Å². The lowest BCUT2D eigenvalue weighted by Crippen LogP contribution is -2.30. The van der Waals surface area contributed by atoms with E-state index in [0.29, 0.717) is 28.1 Å². The van der Waals surface area contributed by atoms with Crippen molar-refractivity contribution in [1.29, 1.82) is 0 Å². The highest BCUT2D eigenvalue weighted by Crippen LogP contribution is 2.27. The maximum atomic E-state index is 12.3. The molecule has 3 aromatic carbocycles. The third-order valence-corrected chi connectivity index (χ3v) is 4.68. The van der Waals surface area contributed by atoms with Crippen LogP contribution in [0.25, 0.3) is 0 Å². The molecule has 1 N–H and O–H groups in total. The van der Waals surface area contributed by atoms with E-state index in [0.717, 1.165) is 11.3 Å². The van der Waals surface area contributed by atoms with Gasteiger partial charge in [0.15, 0.2) is 6.10 Å². The summed E-state index contributed by atoms with van der Waals surface area (Å²) in [5.74, 6) is 0.924. The summed E-state index contributed by atoms with van der Waals surface area (Å²) in [4.78, 5) is 12.3. The molecule has 0 saturated heterocycles. The Labute approximate surface area is 174 Å². The van der Waals surface area contributed by atoms with Gasteiger partial charge in [-0.05, 0) is 48.9 Å². The maximum Gasteiger partial charge on any atom is 0.265 e. The minimum atomic E-state index is -0.703. The molecular weight excluding hydrogens is 397 g/mol. The van der Waals surface area contributed by atoms with E-state index in [9.17, 15) is 4.79 Å². The van der Waals surface area contributed by atoms with E-state index in [1.165, 1.54) is 0 Å². The number of rotatable bonds is 7. The average molecular weight is 416 g/mol. The minimum Gasteiger partial charge on any atom is -0.489 e. The van der Waals surface area contributed by atoms with Crippen LogP contribution in [0.5, 0.6) is 11.5 Å². The third kappa shape index (κ3) is 5.65. The fourth-order valence-electron chi connectivity index (χ4n) is 2.43. The summed E-state index contributed by atoms with van der Waals surface area (Å²) in [6.07, 6.45) is -0.703. The predicted octanol–water partition coefficient (Wildman–Crippen LogP) is 5.98. The molecule has 6 heteroatoms. The molecule has 1 atom stereocenters. The minimum absolute atomic E-state index is 0.274. The van der Waals surface area contributed by atoms with Gasteiger partial charge in [0.05, 0.1) is 10.0 Å². The van der Waals surface area contributed by atoms with Gasteiger partial charge in [0.1, 0.15) is 18.1 Å². The molecule has 0 aliphatic carbocycles. The van der Waals surface area contributed by atoms with Crippen LogP contribution in [-0.4, -0.2) is 12.0 Å². The smallest absolute Gasteiger partial charge is 0.265 e. The molecule has 0 heterocycles. The molecule has 0 aliphatic heterocycles. The molecule has 0 unspecified atom stereocenters. The zero-order valence-electron chi connectivity index (χ0n) is 15.2. The summed E-state index contributed by atoms with van der Waals surface area (Å²) in [5.41, 5.74) is 1.75. The fraction of sp³-hybridized carbons (Fsp3) is 0.136. The van der Waals surface area contributed by atoms with Gasteiger partial charge in [0.25, 0.3) is 5.91 Å². The highest BCUT2D eigenvalue weighted by molar-refractivity contribution is 6.42. The second-order valence-electron chi connectivity index (χ2n) is 6.12. The van der Waals surface area contributed by atoms with Gasteiger partial charge in [-0.1, -0.05) is 53.5 Å². The Kier molecular flexibility index (Phi) is 6.80. The summed E-state index contributed by atoms with van der Waals surface area (Å²) in [7, 11) is 0. The van der Waals surface area contributed by atoms with E-state index < -0.39 is 6.10 Å². The average Bonchev–Trinajstić information content (AvgIpc) is 2.71. The van der Waals surface area contributed by atoms with E-state index in [1.54, 1.807) is 37.3 Å². The molecular formula is C22H19Cl2NO3. The Balaban J connectivity index is 1.52. The van der Waals surface area contributed by atoms with Crippen molar-refractivity contribution in [3.8, 4) is 11.5 Å². The van der Waals surface area contributed by atoms with Crippen molar-refractivity contribution in [3.05, 3.63) is 88.4 Å². The van der Waals surface area contributed by atoms with Crippen molar-refractivity contribution in [1.82, 2.24) is 0 Å². The number of halogens is 2. The van der Waals surface area contributed by atoms with Gasteiger partial charge in [-0.25, -0.2) is 0 Å². The maximum absolute atomic E-state index is 12.3. The van der Waals surface area contributed by atoms with Gasteiger partial charge >= 0.3 is 0 Å². The molecule has 0 aromatic heterocycles. The van der Waals surface area contributed by atoms with Crippen LogP contribution < -0.4 is 14.8 Å². The standard InChI is InChI=1S/C22H19Cl2NO3/c1-15(28-19-11-12-20(23)21(24)13-19)22(26)25-17-7-9-18(10-8-17)27-14-16-5-3-2-4-6-16/h2-13,15H,14H2,1H3,(H,25,26)/t15-/m1/s1. The van der Waals surface area contributed by atoms with Crippen LogP contribution in [-0.2, 0) is 11.4 Å². The number of nitrogens with one attached hydrogen (secondary N) is 1. The summed E-state index contributed by atoms with van der Waals surface area (Å²) in [6, 6.07) is 22.0. The SMILES string of the molecule is C[C@@H](Oc1ccc(Cl)c(Cl)c1)C(=O)Nc1ccc(OCc2ccccc2)cc1. The first-order valence-corrected chi connectivity index (χ1v) is 9.46. The molecule has 3 rings (SSSR count). The molecule has 0 aliphatic rings. The number of hydrogen-bond donors (Lipinski definition) is 1. The predicted molar refractivity (Wildman–Crippen MR) is 112 cm³/mol. The number of anilines is 1. The lowest BCUT2D eigenvalue weighted by atomic mass is 10.2. The first kappa shape index (κ1) is 20.1. The van der Waals surface area contributed by atoms with Crippen LogP contribution in [0.2, 0.25) is 10.0 Å². The zero-order chi connectivity index (χ0) is 19.9. The van der Waals surface area contributed by atoms with E-state index in [-0.39, 0.29) is 5.91 Å². The molecule has 3 aromatic rings. The summed E-state index contributed by atoms with van der Waals surface area (Å²) in [5, 5.41) is 3.61. The lowest BCUT2D eigenvalue weighted by Gasteiger charge is -2.15. The van der Waals surface area contributed by atoms with Crippen molar-refractivity contribution >= 4 is 34.8 Å². The number of hydrogen-bond acceptors (Lipinski definition) is 3.